The van der Waals surface area contributed by atoms with Gasteiger partial charge < -0.3 is 10.1 Å². The van der Waals surface area contributed by atoms with Crippen LogP contribution in [0.15, 0.2) is 53.4 Å². The molecule has 0 aromatic heterocycles. The molecule has 2 aromatic carbocycles. The Bertz CT molecular complexity index is 1020. The van der Waals surface area contributed by atoms with E-state index in [2.05, 4.69) is 10.1 Å². The lowest BCUT2D eigenvalue weighted by Crippen LogP contribution is -2.33. The van der Waals surface area contributed by atoms with Crippen LogP contribution in [-0.2, 0) is 14.8 Å². The molecule has 2 amide bonds. The van der Waals surface area contributed by atoms with Gasteiger partial charge in [-0.15, -0.1) is 13.2 Å². The molecule has 0 atom stereocenters. The Balaban J connectivity index is 1.60. The minimum absolute atomic E-state index is 0.0446. The molecule has 0 saturated carbocycles. The van der Waals surface area contributed by atoms with Gasteiger partial charge in [-0.25, -0.2) is 12.7 Å². The third-order valence-corrected chi connectivity index (χ3v) is 5.67. The summed E-state index contributed by atoms with van der Waals surface area (Å²) in [6, 6.07) is 10.2. The average Bonchev–Trinajstić information content (AvgIpc) is 2.80. The fourth-order valence-corrected chi connectivity index (χ4v) is 4.19. The van der Waals surface area contributed by atoms with Crippen molar-refractivity contribution < 1.29 is 35.9 Å². The van der Waals surface area contributed by atoms with Gasteiger partial charge in [0.15, 0.2) is 0 Å². The number of alkyl halides is 3. The van der Waals surface area contributed by atoms with Crippen molar-refractivity contribution in [2.24, 2.45) is 0 Å². The Morgan fingerprint density at radius 2 is 1.71 bits per heavy atom. The van der Waals surface area contributed by atoms with E-state index >= 15 is 0 Å². The molecule has 0 unspecified atom stereocenters. The van der Waals surface area contributed by atoms with Gasteiger partial charge in [0.25, 0.3) is 15.9 Å². The highest BCUT2D eigenvalue weighted by Gasteiger charge is 2.40. The highest BCUT2D eigenvalue weighted by molar-refractivity contribution is 7.90. The van der Waals surface area contributed by atoms with Crippen LogP contribution in [0.5, 0.6) is 5.75 Å². The second kappa shape index (κ2) is 7.15. The summed E-state index contributed by atoms with van der Waals surface area (Å²) in [6.45, 7) is -0.364. The number of hydrogen-bond acceptors (Lipinski definition) is 5. The largest absolute Gasteiger partial charge is 0.573 e. The molecule has 148 valence electrons. The van der Waals surface area contributed by atoms with E-state index in [9.17, 15) is 31.2 Å². The smallest absolute Gasteiger partial charge is 0.406 e. The monoisotopic (exact) mass is 414 g/mol. The van der Waals surface area contributed by atoms with Crippen LogP contribution in [0.4, 0.5) is 18.9 Å². The fraction of sp³-hybridized carbons (Fsp3) is 0.176. The summed E-state index contributed by atoms with van der Waals surface area (Å²) in [5.41, 5.74) is 0.238. The lowest BCUT2D eigenvalue weighted by Gasteiger charge is -2.15. The Kier molecular flexibility index (Phi) is 5.02. The van der Waals surface area contributed by atoms with Crippen LogP contribution in [0.2, 0.25) is 0 Å². The van der Waals surface area contributed by atoms with E-state index in [1.807, 2.05) is 0 Å². The molecule has 0 spiro atoms. The number of hydrogen-bond donors (Lipinski definition) is 1. The van der Waals surface area contributed by atoms with Crippen molar-refractivity contribution in [3.05, 3.63) is 54.1 Å². The molecule has 2 aromatic rings. The Labute approximate surface area is 157 Å². The van der Waals surface area contributed by atoms with Crippen molar-refractivity contribution in [3.63, 3.8) is 0 Å². The van der Waals surface area contributed by atoms with Gasteiger partial charge in [-0.1, -0.05) is 12.1 Å². The SMILES string of the molecule is O=C(CCN1C(=O)c2ccccc2S1(=O)=O)Nc1ccc(OC(F)(F)F)cc1. The fourth-order valence-electron chi connectivity index (χ4n) is 2.62. The van der Waals surface area contributed by atoms with Crippen molar-refractivity contribution in [3.8, 4) is 5.75 Å². The first kappa shape index (κ1) is 19.7. The first-order valence-corrected chi connectivity index (χ1v) is 9.34. The summed E-state index contributed by atoms with van der Waals surface area (Å²) in [6.07, 6.45) is -5.14. The molecular weight excluding hydrogens is 401 g/mol. The number of amides is 2. The number of anilines is 1. The normalized spacial score (nSPS) is 15.2. The van der Waals surface area contributed by atoms with E-state index in [1.165, 1.54) is 36.4 Å². The maximum absolute atomic E-state index is 12.4. The zero-order chi connectivity index (χ0) is 20.5. The van der Waals surface area contributed by atoms with Crippen LogP contribution in [-0.4, -0.2) is 37.4 Å². The molecule has 0 aliphatic carbocycles. The third kappa shape index (κ3) is 4.09. The van der Waals surface area contributed by atoms with Crippen LogP contribution in [0, 0.1) is 0 Å². The molecule has 7 nitrogen and oxygen atoms in total. The zero-order valence-corrected chi connectivity index (χ0v) is 14.9. The molecule has 11 heteroatoms. The van der Waals surface area contributed by atoms with Gasteiger partial charge in [0, 0.05) is 18.7 Å². The minimum atomic E-state index is -4.82. The summed E-state index contributed by atoms with van der Waals surface area (Å²) >= 11 is 0. The number of nitrogens with one attached hydrogen (secondary N) is 1. The Morgan fingerprint density at radius 3 is 2.32 bits per heavy atom. The van der Waals surface area contributed by atoms with Crippen LogP contribution < -0.4 is 10.1 Å². The van der Waals surface area contributed by atoms with Gasteiger partial charge >= 0.3 is 6.36 Å². The number of fused-ring (bicyclic) bond motifs is 1. The molecule has 1 aliphatic rings. The molecule has 1 N–H and O–H groups in total. The van der Waals surface area contributed by atoms with Crippen molar-refractivity contribution >= 4 is 27.5 Å². The van der Waals surface area contributed by atoms with Crippen LogP contribution >= 0.6 is 0 Å². The summed E-state index contributed by atoms with van der Waals surface area (Å²) in [5, 5.41) is 2.41. The van der Waals surface area contributed by atoms with E-state index in [4.69, 9.17) is 0 Å². The van der Waals surface area contributed by atoms with Crippen molar-refractivity contribution in [1.82, 2.24) is 4.31 Å². The summed E-state index contributed by atoms with van der Waals surface area (Å²) in [5.74, 6) is -1.77. The van der Waals surface area contributed by atoms with Crippen molar-refractivity contribution in [2.45, 2.75) is 17.7 Å². The number of carbonyl (C=O) groups excluding carboxylic acids is 2. The Morgan fingerprint density at radius 1 is 1.07 bits per heavy atom. The number of sulfonamides is 1. The number of rotatable bonds is 5. The van der Waals surface area contributed by atoms with Gasteiger partial charge in [-0.2, -0.15) is 0 Å². The summed E-state index contributed by atoms with van der Waals surface area (Å²) in [4.78, 5) is 24.2. The highest BCUT2D eigenvalue weighted by atomic mass is 32.2. The summed E-state index contributed by atoms with van der Waals surface area (Å²) < 4.78 is 65.5. The average molecular weight is 414 g/mol. The molecule has 0 fully saturated rings. The maximum Gasteiger partial charge on any atom is 0.573 e. The quantitative estimate of drug-likeness (QED) is 0.812. The molecule has 0 saturated heterocycles. The first-order chi connectivity index (χ1) is 13.1. The molecule has 0 radical (unpaired) electrons. The van der Waals surface area contributed by atoms with Crippen LogP contribution in [0.25, 0.3) is 0 Å². The number of benzene rings is 2. The van der Waals surface area contributed by atoms with Gasteiger partial charge in [-0.3, -0.25) is 9.59 Å². The molecule has 1 heterocycles. The second-order valence-corrected chi connectivity index (χ2v) is 7.58. The number of nitrogens with zero attached hydrogens (tertiary/aromatic N) is 1. The van der Waals surface area contributed by atoms with E-state index in [1.54, 1.807) is 0 Å². The van der Waals surface area contributed by atoms with E-state index in [0.29, 0.717) is 4.31 Å². The van der Waals surface area contributed by atoms with Crippen LogP contribution in [0.3, 0.4) is 0 Å². The lowest BCUT2D eigenvalue weighted by atomic mass is 10.2. The molecular formula is C17H13F3N2O5S. The second-order valence-electron chi connectivity index (χ2n) is 5.75. The number of ether oxygens (including phenoxy) is 1. The predicted octanol–water partition coefficient (Wildman–Crippen LogP) is 2.76. The Hall–Kier alpha value is -3.08. The van der Waals surface area contributed by atoms with Crippen molar-refractivity contribution in [2.75, 3.05) is 11.9 Å². The van der Waals surface area contributed by atoms with E-state index in [-0.39, 0.29) is 29.1 Å². The summed E-state index contributed by atoms with van der Waals surface area (Å²) in [7, 11) is -4.01. The molecule has 3 rings (SSSR count). The van der Waals surface area contributed by atoms with Crippen molar-refractivity contribution in [1.29, 1.82) is 0 Å². The molecule has 1 aliphatic heterocycles. The first-order valence-electron chi connectivity index (χ1n) is 7.90. The van der Waals surface area contributed by atoms with Gasteiger partial charge in [0.05, 0.1) is 5.56 Å². The minimum Gasteiger partial charge on any atom is -0.406 e. The third-order valence-electron chi connectivity index (χ3n) is 3.83. The molecule has 0 bridgehead atoms. The van der Waals surface area contributed by atoms with Gasteiger partial charge in [0.1, 0.15) is 10.6 Å². The van der Waals surface area contributed by atoms with Gasteiger partial charge in [-0.05, 0) is 36.4 Å². The number of halogens is 3. The molecule has 28 heavy (non-hydrogen) atoms. The lowest BCUT2D eigenvalue weighted by molar-refractivity contribution is -0.274. The van der Waals surface area contributed by atoms with E-state index < -0.39 is 33.9 Å². The number of carbonyl (C=O) groups is 2. The predicted molar refractivity (Wildman–Crippen MR) is 91.0 cm³/mol. The highest BCUT2D eigenvalue weighted by Crippen LogP contribution is 2.30. The standard InChI is InChI=1S/C17H13F3N2O5S/c18-17(19,20)27-12-7-5-11(6-8-12)21-15(23)9-10-22-16(24)13-3-1-2-4-14(13)28(22,25)26/h1-8H,9-10H2,(H,21,23). The topological polar surface area (TPSA) is 92.8 Å². The van der Waals surface area contributed by atoms with Crippen LogP contribution in [0.1, 0.15) is 16.8 Å². The maximum atomic E-state index is 12.4. The zero-order valence-electron chi connectivity index (χ0n) is 14.1. The van der Waals surface area contributed by atoms with E-state index in [0.717, 1.165) is 12.1 Å². The van der Waals surface area contributed by atoms with Gasteiger partial charge in [0.2, 0.25) is 5.91 Å².